The van der Waals surface area contributed by atoms with Gasteiger partial charge in [0, 0.05) is 6.04 Å². The molecule has 1 aliphatic carbocycles. The summed E-state index contributed by atoms with van der Waals surface area (Å²) in [5.41, 5.74) is 5.80. The van der Waals surface area contributed by atoms with E-state index < -0.39 is 0 Å². The first-order chi connectivity index (χ1) is 12.2. The van der Waals surface area contributed by atoms with Crippen LogP contribution in [0.4, 0.5) is 4.39 Å². The first-order valence-electron chi connectivity index (χ1n) is 8.63. The Labute approximate surface area is 146 Å². The summed E-state index contributed by atoms with van der Waals surface area (Å²) >= 11 is 0. The Hall–Kier alpha value is -2.34. The van der Waals surface area contributed by atoms with Crippen molar-refractivity contribution in [2.75, 3.05) is 6.54 Å². The van der Waals surface area contributed by atoms with Crippen LogP contribution in [0.5, 0.6) is 5.75 Å². The van der Waals surface area contributed by atoms with Crippen molar-refractivity contribution in [2.24, 2.45) is 11.7 Å². The van der Waals surface area contributed by atoms with Crippen LogP contribution in [0, 0.1) is 11.7 Å². The molecule has 1 aromatic carbocycles. The van der Waals surface area contributed by atoms with Gasteiger partial charge in [-0.25, -0.2) is 4.39 Å². The van der Waals surface area contributed by atoms with Crippen molar-refractivity contribution in [2.45, 2.75) is 38.3 Å². The van der Waals surface area contributed by atoms with Gasteiger partial charge < -0.3 is 20.2 Å². The van der Waals surface area contributed by atoms with Gasteiger partial charge in [0.1, 0.15) is 23.9 Å². The standard InChI is InChI=1S/C19H23FN2O3/c20-14-5-7-15(8-6-14)24-12-16-9-10-18(25-16)19(23)22-17-4-2-1-3-13(17)11-21/h5-10,13,17H,1-4,11-12,21H2,(H,22,23). The van der Waals surface area contributed by atoms with E-state index in [-0.39, 0.29) is 30.1 Å². The Morgan fingerprint density at radius 3 is 2.72 bits per heavy atom. The Bertz CT molecular complexity index is 699. The average molecular weight is 346 g/mol. The third kappa shape index (κ3) is 4.60. The van der Waals surface area contributed by atoms with E-state index in [2.05, 4.69) is 5.32 Å². The van der Waals surface area contributed by atoms with Gasteiger partial charge in [0.2, 0.25) is 0 Å². The van der Waals surface area contributed by atoms with E-state index in [9.17, 15) is 9.18 Å². The van der Waals surface area contributed by atoms with Crippen LogP contribution >= 0.6 is 0 Å². The lowest BCUT2D eigenvalue weighted by Gasteiger charge is -2.30. The number of nitrogens with one attached hydrogen (secondary N) is 1. The number of hydrogen-bond acceptors (Lipinski definition) is 4. The number of ether oxygens (including phenoxy) is 1. The molecule has 1 amide bonds. The molecule has 1 saturated carbocycles. The lowest BCUT2D eigenvalue weighted by atomic mass is 9.84. The second-order valence-corrected chi connectivity index (χ2v) is 6.37. The van der Waals surface area contributed by atoms with Crippen LogP contribution in [-0.2, 0) is 6.61 Å². The highest BCUT2D eigenvalue weighted by Crippen LogP contribution is 2.24. The van der Waals surface area contributed by atoms with E-state index in [0.717, 1.165) is 19.3 Å². The second kappa shape index (κ2) is 8.16. The van der Waals surface area contributed by atoms with Gasteiger partial charge in [-0.3, -0.25) is 4.79 Å². The number of furan rings is 1. The third-order valence-electron chi connectivity index (χ3n) is 4.61. The Morgan fingerprint density at radius 2 is 1.96 bits per heavy atom. The molecule has 3 rings (SSSR count). The Balaban J connectivity index is 1.55. The summed E-state index contributed by atoms with van der Waals surface area (Å²) in [4.78, 5) is 12.4. The fraction of sp³-hybridized carbons (Fsp3) is 0.421. The normalized spacial score (nSPS) is 20.2. The van der Waals surface area contributed by atoms with Gasteiger partial charge in [-0.15, -0.1) is 0 Å². The second-order valence-electron chi connectivity index (χ2n) is 6.37. The zero-order chi connectivity index (χ0) is 17.6. The fourth-order valence-corrected chi connectivity index (χ4v) is 3.18. The van der Waals surface area contributed by atoms with Crippen LogP contribution in [0.15, 0.2) is 40.8 Å². The van der Waals surface area contributed by atoms with Crippen LogP contribution in [0.3, 0.4) is 0 Å². The highest BCUT2D eigenvalue weighted by atomic mass is 19.1. The topological polar surface area (TPSA) is 77.5 Å². The molecule has 3 N–H and O–H groups in total. The number of nitrogens with two attached hydrogens (primary N) is 1. The molecule has 0 bridgehead atoms. The van der Waals surface area contributed by atoms with E-state index in [0.29, 0.717) is 24.0 Å². The first-order valence-corrected chi connectivity index (χ1v) is 8.63. The molecule has 134 valence electrons. The molecule has 5 nitrogen and oxygen atoms in total. The molecule has 2 unspecified atom stereocenters. The maximum atomic E-state index is 12.9. The van der Waals surface area contributed by atoms with Crippen molar-refractivity contribution in [3.63, 3.8) is 0 Å². The van der Waals surface area contributed by atoms with Gasteiger partial charge in [0.25, 0.3) is 5.91 Å². The van der Waals surface area contributed by atoms with Crippen LogP contribution in [0.25, 0.3) is 0 Å². The summed E-state index contributed by atoms with van der Waals surface area (Å²) in [6.45, 7) is 0.758. The molecular weight excluding hydrogens is 323 g/mol. The summed E-state index contributed by atoms with van der Waals surface area (Å²) < 4.78 is 23.9. The molecule has 6 heteroatoms. The molecule has 0 saturated heterocycles. The maximum absolute atomic E-state index is 12.9. The fourth-order valence-electron chi connectivity index (χ4n) is 3.18. The predicted molar refractivity (Wildman–Crippen MR) is 91.7 cm³/mol. The van der Waals surface area contributed by atoms with Gasteiger partial charge in [-0.05, 0) is 61.7 Å². The van der Waals surface area contributed by atoms with E-state index in [4.69, 9.17) is 14.9 Å². The Morgan fingerprint density at radius 1 is 1.20 bits per heavy atom. The van der Waals surface area contributed by atoms with Crippen LogP contribution in [0.2, 0.25) is 0 Å². The van der Waals surface area contributed by atoms with Crippen LogP contribution < -0.4 is 15.8 Å². The first kappa shape index (κ1) is 17.5. The summed E-state index contributed by atoms with van der Waals surface area (Å²) in [7, 11) is 0. The van der Waals surface area contributed by atoms with Gasteiger partial charge in [0.05, 0.1) is 0 Å². The molecule has 0 spiro atoms. The number of benzene rings is 1. The quantitative estimate of drug-likeness (QED) is 0.842. The minimum atomic E-state index is -0.317. The highest BCUT2D eigenvalue weighted by Gasteiger charge is 2.26. The summed E-state index contributed by atoms with van der Waals surface area (Å²) in [5.74, 6) is 1.12. The van der Waals surface area contributed by atoms with Crippen molar-refractivity contribution in [1.82, 2.24) is 5.32 Å². The van der Waals surface area contributed by atoms with E-state index in [1.807, 2.05) is 0 Å². The number of halogens is 1. The zero-order valence-electron chi connectivity index (χ0n) is 14.0. The van der Waals surface area contributed by atoms with Crippen molar-refractivity contribution >= 4 is 5.91 Å². The van der Waals surface area contributed by atoms with Crippen molar-refractivity contribution in [1.29, 1.82) is 0 Å². The highest BCUT2D eigenvalue weighted by molar-refractivity contribution is 5.91. The number of amides is 1. The van der Waals surface area contributed by atoms with E-state index in [1.54, 1.807) is 24.3 Å². The predicted octanol–water partition coefficient (Wildman–Crippen LogP) is 3.25. The van der Waals surface area contributed by atoms with Gasteiger partial charge >= 0.3 is 0 Å². The third-order valence-corrected chi connectivity index (χ3v) is 4.61. The smallest absolute Gasteiger partial charge is 0.287 e. The Kier molecular flexibility index (Phi) is 5.71. The van der Waals surface area contributed by atoms with Gasteiger partial charge in [0.15, 0.2) is 5.76 Å². The van der Waals surface area contributed by atoms with Crippen molar-refractivity contribution in [3.8, 4) is 5.75 Å². The van der Waals surface area contributed by atoms with E-state index >= 15 is 0 Å². The lowest BCUT2D eigenvalue weighted by molar-refractivity contribution is 0.0875. The SMILES string of the molecule is NCC1CCCCC1NC(=O)c1ccc(COc2ccc(F)cc2)o1. The average Bonchev–Trinajstić information content (AvgIpc) is 3.11. The molecule has 25 heavy (non-hydrogen) atoms. The van der Waals surface area contributed by atoms with Gasteiger partial charge in [-0.1, -0.05) is 12.8 Å². The number of hydrogen-bond donors (Lipinski definition) is 2. The molecule has 1 heterocycles. The van der Waals surface area contributed by atoms with Crippen LogP contribution in [0.1, 0.15) is 42.0 Å². The van der Waals surface area contributed by atoms with Gasteiger partial charge in [-0.2, -0.15) is 0 Å². The molecule has 1 aliphatic rings. The van der Waals surface area contributed by atoms with E-state index in [1.165, 1.54) is 18.6 Å². The van der Waals surface area contributed by atoms with Crippen LogP contribution in [-0.4, -0.2) is 18.5 Å². The molecule has 0 radical (unpaired) electrons. The minimum absolute atomic E-state index is 0.107. The summed E-state index contributed by atoms with van der Waals surface area (Å²) in [6, 6.07) is 9.20. The molecule has 0 aliphatic heterocycles. The maximum Gasteiger partial charge on any atom is 0.287 e. The minimum Gasteiger partial charge on any atom is -0.486 e. The lowest BCUT2D eigenvalue weighted by Crippen LogP contribution is -2.44. The van der Waals surface area contributed by atoms with Crippen molar-refractivity contribution in [3.05, 3.63) is 53.7 Å². The number of carbonyl (C=O) groups is 1. The summed E-state index contributed by atoms with van der Waals surface area (Å²) in [5, 5.41) is 3.03. The molecular formula is C19H23FN2O3. The monoisotopic (exact) mass is 346 g/mol. The summed E-state index contributed by atoms with van der Waals surface area (Å²) in [6.07, 6.45) is 4.28. The largest absolute Gasteiger partial charge is 0.486 e. The van der Waals surface area contributed by atoms with Crippen molar-refractivity contribution < 1.29 is 18.3 Å². The number of rotatable bonds is 6. The molecule has 2 atom stereocenters. The number of carbonyl (C=O) groups excluding carboxylic acids is 1. The molecule has 2 aromatic rings. The zero-order valence-corrected chi connectivity index (χ0v) is 14.0. The molecule has 1 aromatic heterocycles. The molecule has 1 fully saturated rings.